The number of hydrogen-bond acceptors (Lipinski definition) is 1. The fourth-order valence-electron chi connectivity index (χ4n) is 2.44. The Morgan fingerprint density at radius 1 is 1.06 bits per heavy atom. The molecular formula is C16H16NO+. The van der Waals surface area contributed by atoms with Gasteiger partial charge in [0.05, 0.1) is 11.6 Å². The van der Waals surface area contributed by atoms with Gasteiger partial charge in [0.1, 0.15) is 12.6 Å². The van der Waals surface area contributed by atoms with Crippen LogP contribution in [0.15, 0.2) is 47.1 Å². The van der Waals surface area contributed by atoms with Crippen LogP contribution in [0.5, 0.6) is 0 Å². The van der Waals surface area contributed by atoms with Gasteiger partial charge in [-0.3, -0.25) is 0 Å². The van der Waals surface area contributed by atoms with Crippen LogP contribution in [0.2, 0.25) is 0 Å². The first kappa shape index (κ1) is 11.0. The molecule has 0 aliphatic heterocycles. The van der Waals surface area contributed by atoms with Gasteiger partial charge in [-0.05, 0) is 24.6 Å². The first-order valence-electron chi connectivity index (χ1n) is 6.11. The highest BCUT2D eigenvalue weighted by atomic mass is 16.3. The molecule has 18 heavy (non-hydrogen) atoms. The largest absolute Gasteiger partial charge is 0.464 e. The molecule has 2 aromatic heterocycles. The minimum atomic E-state index is 0.948. The fourth-order valence-corrected chi connectivity index (χ4v) is 2.44. The van der Waals surface area contributed by atoms with Crippen molar-refractivity contribution in [1.82, 2.24) is 0 Å². The number of aromatic nitrogens is 1. The van der Waals surface area contributed by atoms with Crippen molar-refractivity contribution in [2.45, 2.75) is 13.8 Å². The highest BCUT2D eigenvalue weighted by molar-refractivity contribution is 5.90. The second-order valence-corrected chi connectivity index (χ2v) is 4.71. The Bertz CT molecular complexity index is 725. The first-order chi connectivity index (χ1) is 8.68. The summed E-state index contributed by atoms with van der Waals surface area (Å²) in [5.74, 6) is 0. The Hall–Kier alpha value is -2.09. The molecule has 0 spiro atoms. The zero-order chi connectivity index (χ0) is 12.7. The first-order valence-corrected chi connectivity index (χ1v) is 6.11. The molecule has 0 saturated heterocycles. The number of furan rings is 1. The van der Waals surface area contributed by atoms with Crippen molar-refractivity contribution in [1.29, 1.82) is 0 Å². The Balaban J connectivity index is 2.44. The standard InChI is InChI=1S/C16H16NO/c1-11-6-4-5-7-13(11)16-14-8-9-18-15(14)10-12(2)17(16)3/h4-10H,1-3H3/q+1. The molecule has 90 valence electrons. The third-order valence-corrected chi connectivity index (χ3v) is 3.55. The second kappa shape index (κ2) is 3.98. The van der Waals surface area contributed by atoms with Crippen molar-refractivity contribution in [2.75, 3.05) is 0 Å². The summed E-state index contributed by atoms with van der Waals surface area (Å²) in [5, 5.41) is 1.16. The van der Waals surface area contributed by atoms with Crippen LogP contribution >= 0.6 is 0 Å². The summed E-state index contributed by atoms with van der Waals surface area (Å²) in [4.78, 5) is 0. The van der Waals surface area contributed by atoms with Crippen molar-refractivity contribution in [3.05, 3.63) is 53.9 Å². The van der Waals surface area contributed by atoms with E-state index in [4.69, 9.17) is 4.42 Å². The zero-order valence-electron chi connectivity index (χ0n) is 10.9. The molecule has 0 aliphatic rings. The average Bonchev–Trinajstić information content (AvgIpc) is 2.80. The molecule has 0 aliphatic carbocycles. The second-order valence-electron chi connectivity index (χ2n) is 4.71. The van der Waals surface area contributed by atoms with E-state index in [1.54, 1.807) is 6.26 Å². The molecule has 0 saturated carbocycles. The lowest BCUT2D eigenvalue weighted by atomic mass is 10.0. The van der Waals surface area contributed by atoms with E-state index in [1.165, 1.54) is 22.5 Å². The molecule has 0 fully saturated rings. The number of nitrogens with zero attached hydrogens (tertiary/aromatic N) is 1. The molecule has 0 radical (unpaired) electrons. The Morgan fingerprint density at radius 3 is 2.61 bits per heavy atom. The molecule has 0 bridgehead atoms. The van der Waals surface area contributed by atoms with E-state index in [0.29, 0.717) is 0 Å². The number of fused-ring (bicyclic) bond motifs is 1. The van der Waals surface area contributed by atoms with Crippen LogP contribution in [-0.4, -0.2) is 0 Å². The van der Waals surface area contributed by atoms with Crippen LogP contribution in [0.3, 0.4) is 0 Å². The van der Waals surface area contributed by atoms with Crippen molar-refractivity contribution in [2.24, 2.45) is 7.05 Å². The van der Waals surface area contributed by atoms with Crippen molar-refractivity contribution in [3.63, 3.8) is 0 Å². The topological polar surface area (TPSA) is 17.0 Å². The van der Waals surface area contributed by atoms with Gasteiger partial charge in [-0.15, -0.1) is 0 Å². The lowest BCUT2D eigenvalue weighted by Gasteiger charge is -2.06. The molecule has 0 amide bonds. The van der Waals surface area contributed by atoms with Crippen molar-refractivity contribution < 1.29 is 8.98 Å². The minimum Gasteiger partial charge on any atom is -0.464 e. The van der Waals surface area contributed by atoms with Gasteiger partial charge in [0.15, 0.2) is 5.69 Å². The molecule has 3 aromatic rings. The lowest BCUT2D eigenvalue weighted by Crippen LogP contribution is -2.34. The molecule has 1 aromatic carbocycles. The van der Waals surface area contributed by atoms with Gasteiger partial charge < -0.3 is 4.42 Å². The van der Waals surface area contributed by atoms with E-state index in [1.807, 2.05) is 6.07 Å². The summed E-state index contributed by atoms with van der Waals surface area (Å²) in [6.45, 7) is 4.24. The lowest BCUT2D eigenvalue weighted by molar-refractivity contribution is -0.665. The monoisotopic (exact) mass is 238 g/mol. The molecule has 2 nitrogen and oxygen atoms in total. The molecule has 0 unspecified atom stereocenters. The van der Waals surface area contributed by atoms with Gasteiger partial charge >= 0.3 is 0 Å². The summed E-state index contributed by atoms with van der Waals surface area (Å²) >= 11 is 0. The molecule has 2 heteroatoms. The smallest absolute Gasteiger partial charge is 0.223 e. The summed E-state index contributed by atoms with van der Waals surface area (Å²) in [6.07, 6.45) is 1.76. The van der Waals surface area contributed by atoms with Gasteiger partial charge in [-0.25, -0.2) is 0 Å². The molecule has 0 N–H and O–H groups in total. The zero-order valence-corrected chi connectivity index (χ0v) is 10.9. The van der Waals surface area contributed by atoms with Crippen molar-refractivity contribution in [3.8, 4) is 11.3 Å². The summed E-state index contributed by atoms with van der Waals surface area (Å²) in [6, 6.07) is 12.6. The maximum absolute atomic E-state index is 5.54. The van der Waals surface area contributed by atoms with Crippen LogP contribution in [0.25, 0.3) is 22.2 Å². The van der Waals surface area contributed by atoms with Crippen molar-refractivity contribution >= 4 is 11.0 Å². The number of rotatable bonds is 1. The van der Waals surface area contributed by atoms with Crippen LogP contribution in [0, 0.1) is 13.8 Å². The molecular weight excluding hydrogens is 222 g/mol. The summed E-state index contributed by atoms with van der Waals surface area (Å²) < 4.78 is 7.76. The average molecular weight is 238 g/mol. The van der Waals surface area contributed by atoms with Crippen LogP contribution < -0.4 is 4.57 Å². The minimum absolute atomic E-state index is 0.948. The maximum Gasteiger partial charge on any atom is 0.223 e. The Labute approximate surface area is 106 Å². The number of aryl methyl sites for hydroxylation is 2. The summed E-state index contributed by atoms with van der Waals surface area (Å²) in [7, 11) is 2.10. The van der Waals surface area contributed by atoms with E-state index >= 15 is 0 Å². The molecule has 2 heterocycles. The quantitative estimate of drug-likeness (QED) is 0.593. The molecule has 0 atom stereocenters. The van der Waals surface area contributed by atoms with Crippen LogP contribution in [0.1, 0.15) is 11.3 Å². The Morgan fingerprint density at radius 2 is 1.83 bits per heavy atom. The van der Waals surface area contributed by atoms with Gasteiger partial charge in [0.2, 0.25) is 5.69 Å². The predicted molar refractivity (Wildman–Crippen MR) is 72.3 cm³/mol. The SMILES string of the molecule is Cc1ccccc1-c1c2ccoc2cc(C)[n+]1C. The van der Waals surface area contributed by atoms with Crippen LogP contribution in [0.4, 0.5) is 0 Å². The van der Waals surface area contributed by atoms with Gasteiger partial charge in [0, 0.05) is 18.6 Å². The summed E-state index contributed by atoms with van der Waals surface area (Å²) in [5.41, 5.74) is 5.90. The number of pyridine rings is 1. The highest BCUT2D eigenvalue weighted by Gasteiger charge is 2.20. The van der Waals surface area contributed by atoms with E-state index in [-0.39, 0.29) is 0 Å². The van der Waals surface area contributed by atoms with Gasteiger partial charge in [0.25, 0.3) is 0 Å². The van der Waals surface area contributed by atoms with E-state index in [0.717, 1.165) is 11.0 Å². The van der Waals surface area contributed by atoms with Gasteiger partial charge in [-0.1, -0.05) is 18.2 Å². The van der Waals surface area contributed by atoms with E-state index < -0.39 is 0 Å². The maximum atomic E-state index is 5.54. The van der Waals surface area contributed by atoms with Crippen LogP contribution in [-0.2, 0) is 7.05 Å². The molecule has 3 rings (SSSR count). The third kappa shape index (κ3) is 1.53. The van der Waals surface area contributed by atoms with E-state index in [9.17, 15) is 0 Å². The van der Waals surface area contributed by atoms with E-state index in [2.05, 4.69) is 55.8 Å². The number of hydrogen-bond donors (Lipinski definition) is 0. The normalized spacial score (nSPS) is 11.1. The highest BCUT2D eigenvalue weighted by Crippen LogP contribution is 2.28. The Kier molecular flexibility index (Phi) is 2.44. The number of benzene rings is 1. The predicted octanol–water partition coefficient (Wildman–Crippen LogP) is 3.54. The van der Waals surface area contributed by atoms with Gasteiger partial charge in [-0.2, -0.15) is 4.57 Å². The third-order valence-electron chi connectivity index (χ3n) is 3.55. The fraction of sp³-hybridized carbons (Fsp3) is 0.188.